The number of nitrogens with two attached hydrogens (primary N) is 1. The van der Waals surface area contributed by atoms with Crippen molar-refractivity contribution in [1.82, 2.24) is 19.5 Å². The molecule has 2 aromatic heterocycles. The summed E-state index contributed by atoms with van der Waals surface area (Å²) >= 11 is 1.11. The van der Waals surface area contributed by atoms with Gasteiger partial charge in [-0.15, -0.1) is 0 Å². The molecule has 0 spiro atoms. The number of nitrogens with zero attached hydrogens (tertiary/aromatic N) is 3. The molecule has 1 saturated heterocycles. The van der Waals surface area contributed by atoms with Crippen molar-refractivity contribution in [3.63, 3.8) is 0 Å². The molecule has 15 heteroatoms. The molecule has 34 heavy (non-hydrogen) atoms. The monoisotopic (exact) mass is 519 g/mol. The van der Waals surface area contributed by atoms with Gasteiger partial charge in [-0.25, -0.2) is 4.98 Å². The molecule has 13 nitrogen and oxygen atoms in total. The van der Waals surface area contributed by atoms with Gasteiger partial charge in [0.15, 0.2) is 22.5 Å². The van der Waals surface area contributed by atoms with Gasteiger partial charge in [-0.05, 0) is 13.3 Å². The number of nitrogen functional groups attached to an aromatic ring is 1. The van der Waals surface area contributed by atoms with Gasteiger partial charge in [0.25, 0.3) is 5.56 Å². The Morgan fingerprint density at radius 1 is 1.47 bits per heavy atom. The van der Waals surface area contributed by atoms with E-state index in [9.17, 15) is 24.4 Å². The van der Waals surface area contributed by atoms with Crippen LogP contribution in [0.2, 0.25) is 0 Å². The number of hydrogen-bond donors (Lipinski definition) is 4. The van der Waals surface area contributed by atoms with Crippen molar-refractivity contribution >= 4 is 42.2 Å². The third-order valence-electron chi connectivity index (χ3n) is 5.80. The summed E-state index contributed by atoms with van der Waals surface area (Å²) in [4.78, 5) is 34.4. The molecule has 0 amide bonds. The molecule has 1 aliphatic heterocycles. The van der Waals surface area contributed by atoms with E-state index in [0.29, 0.717) is 12.2 Å². The molecule has 3 heterocycles. The molecule has 1 aliphatic rings. The summed E-state index contributed by atoms with van der Waals surface area (Å²) in [7, 11) is -2.93. The molecule has 0 aromatic carbocycles. The Bertz CT molecular complexity index is 1120. The van der Waals surface area contributed by atoms with Crippen molar-refractivity contribution in [3.05, 3.63) is 16.7 Å². The van der Waals surface area contributed by atoms with Crippen LogP contribution in [0.5, 0.6) is 0 Å². The molecule has 190 valence electrons. The SMILES string of the molecule is CCC(C)(C)C(=O)SCCO[PH](=O)OC[C@H]1OC(n2cnc3c(=O)[nH]c(N)nc32)[C@@](C)(O)C1O. The van der Waals surface area contributed by atoms with Crippen LogP contribution >= 0.6 is 20.0 Å². The number of nitrogens with one attached hydrogen (secondary N) is 1. The van der Waals surface area contributed by atoms with E-state index in [4.69, 9.17) is 19.5 Å². The van der Waals surface area contributed by atoms with Crippen LogP contribution in [0.3, 0.4) is 0 Å². The molecule has 0 bridgehead atoms. The minimum absolute atomic E-state index is 0.0140. The van der Waals surface area contributed by atoms with Crippen LogP contribution in [0.1, 0.15) is 40.3 Å². The lowest BCUT2D eigenvalue weighted by Crippen LogP contribution is -2.44. The summed E-state index contributed by atoms with van der Waals surface area (Å²) in [5.74, 6) is 0.177. The van der Waals surface area contributed by atoms with Gasteiger partial charge in [-0.1, -0.05) is 32.5 Å². The highest BCUT2D eigenvalue weighted by Crippen LogP contribution is 2.40. The van der Waals surface area contributed by atoms with E-state index in [0.717, 1.165) is 11.8 Å². The average Bonchev–Trinajstić information content (AvgIpc) is 3.28. The van der Waals surface area contributed by atoms with Crippen LogP contribution in [-0.4, -0.2) is 71.6 Å². The lowest BCUT2D eigenvalue weighted by molar-refractivity contribution is -0.118. The van der Waals surface area contributed by atoms with E-state index in [-0.39, 0.29) is 35.4 Å². The number of rotatable bonds is 10. The van der Waals surface area contributed by atoms with Gasteiger partial charge in [-0.2, -0.15) is 4.98 Å². The molecule has 3 unspecified atom stereocenters. The lowest BCUT2D eigenvalue weighted by Gasteiger charge is -2.27. The van der Waals surface area contributed by atoms with Crippen molar-refractivity contribution in [2.75, 3.05) is 24.7 Å². The zero-order valence-corrected chi connectivity index (χ0v) is 21.1. The second-order valence-electron chi connectivity index (χ2n) is 8.76. The minimum atomic E-state index is -2.93. The van der Waals surface area contributed by atoms with E-state index >= 15 is 0 Å². The van der Waals surface area contributed by atoms with Gasteiger partial charge in [0.05, 0.1) is 19.5 Å². The topological polar surface area (TPSA) is 192 Å². The summed E-state index contributed by atoms with van der Waals surface area (Å²) in [6, 6.07) is 0. The second-order valence-corrected chi connectivity index (χ2v) is 10.9. The zero-order chi connectivity index (χ0) is 25.3. The van der Waals surface area contributed by atoms with E-state index in [1.807, 2.05) is 20.8 Å². The zero-order valence-electron chi connectivity index (χ0n) is 19.3. The first-order valence-electron chi connectivity index (χ1n) is 10.6. The number of carbonyl (C=O) groups is 1. The Labute approximate surface area is 200 Å². The predicted molar refractivity (Wildman–Crippen MR) is 126 cm³/mol. The predicted octanol–water partition coefficient (Wildman–Crippen LogP) is 0.830. The molecular formula is C19H30N5O8PS. The number of carbonyl (C=O) groups excluding carboxylic acids is 1. The van der Waals surface area contributed by atoms with Gasteiger partial charge in [0, 0.05) is 11.2 Å². The fourth-order valence-corrected chi connectivity index (χ4v) is 4.97. The first kappa shape index (κ1) is 26.8. The van der Waals surface area contributed by atoms with Gasteiger partial charge in [0.2, 0.25) is 5.95 Å². The molecule has 1 fully saturated rings. The van der Waals surface area contributed by atoms with Gasteiger partial charge in [-0.3, -0.25) is 23.7 Å². The quantitative estimate of drug-likeness (QED) is 0.256. The standard InChI is InChI=1S/C19H30N5O8PS/c1-5-18(2,3)16(27)34-7-6-30-33(29)31-8-10-12(25)19(4,28)15(32-10)24-9-21-11-13(24)22-17(20)23-14(11)26/h9-10,12,15,25,28,33H,5-8H2,1-4H3,(H3,20,22,23,26)/t10-,12?,15?,19+/m1/s1. The van der Waals surface area contributed by atoms with Gasteiger partial charge < -0.3 is 29.7 Å². The Morgan fingerprint density at radius 3 is 2.85 bits per heavy atom. The first-order valence-corrected chi connectivity index (χ1v) is 12.8. The van der Waals surface area contributed by atoms with Crippen molar-refractivity contribution < 1.29 is 33.4 Å². The van der Waals surface area contributed by atoms with Crippen LogP contribution in [0.4, 0.5) is 5.95 Å². The van der Waals surface area contributed by atoms with E-state index in [2.05, 4.69) is 15.0 Å². The lowest BCUT2D eigenvalue weighted by atomic mass is 9.92. The van der Waals surface area contributed by atoms with Crippen molar-refractivity contribution in [1.29, 1.82) is 0 Å². The molecule has 5 N–H and O–H groups in total. The Balaban J connectivity index is 1.57. The third-order valence-corrected chi connectivity index (χ3v) is 7.82. The van der Waals surface area contributed by atoms with E-state index < -0.39 is 43.3 Å². The van der Waals surface area contributed by atoms with Crippen LogP contribution < -0.4 is 11.3 Å². The van der Waals surface area contributed by atoms with Crippen LogP contribution in [0.15, 0.2) is 11.1 Å². The maximum atomic E-state index is 12.1. The second kappa shape index (κ2) is 10.4. The fraction of sp³-hybridized carbons (Fsp3) is 0.684. The first-order chi connectivity index (χ1) is 15.9. The Morgan fingerprint density at radius 2 is 2.18 bits per heavy atom. The average molecular weight is 520 g/mol. The maximum Gasteiger partial charge on any atom is 0.319 e. The molecule has 0 aliphatic carbocycles. The molecule has 2 aromatic rings. The highest BCUT2D eigenvalue weighted by atomic mass is 32.2. The summed E-state index contributed by atoms with van der Waals surface area (Å²) in [5.41, 5.74) is 2.83. The minimum Gasteiger partial charge on any atom is -0.387 e. The molecular weight excluding hydrogens is 489 g/mol. The number of ether oxygens (including phenoxy) is 1. The number of aromatic amines is 1. The number of aromatic nitrogens is 4. The molecule has 0 saturated carbocycles. The van der Waals surface area contributed by atoms with Crippen LogP contribution in [0.25, 0.3) is 11.2 Å². The van der Waals surface area contributed by atoms with Crippen LogP contribution in [-0.2, 0) is 23.1 Å². The van der Waals surface area contributed by atoms with Crippen molar-refractivity contribution in [3.8, 4) is 0 Å². The van der Waals surface area contributed by atoms with Crippen molar-refractivity contribution in [2.24, 2.45) is 5.41 Å². The number of aliphatic hydroxyl groups is 2. The number of thioether (sulfide) groups is 1. The number of H-pyrrole nitrogens is 1. The maximum absolute atomic E-state index is 12.1. The fourth-order valence-electron chi connectivity index (χ4n) is 3.28. The summed E-state index contributed by atoms with van der Waals surface area (Å²) in [6.45, 7) is 6.72. The third kappa shape index (κ3) is 5.54. The number of aliphatic hydroxyl groups excluding tert-OH is 1. The normalized spacial score (nSPS) is 26.2. The Hall–Kier alpha value is -1.80. The summed E-state index contributed by atoms with van der Waals surface area (Å²) < 4.78 is 29.5. The molecule has 3 rings (SSSR count). The number of hydrogen-bond acceptors (Lipinski definition) is 12. The van der Waals surface area contributed by atoms with E-state index in [1.54, 1.807) is 0 Å². The van der Waals surface area contributed by atoms with Gasteiger partial charge in [0.1, 0.15) is 17.8 Å². The van der Waals surface area contributed by atoms with Crippen LogP contribution in [0, 0.1) is 5.41 Å². The number of fused-ring (bicyclic) bond motifs is 1. The molecule has 5 atom stereocenters. The highest BCUT2D eigenvalue weighted by Gasteiger charge is 2.53. The van der Waals surface area contributed by atoms with Gasteiger partial charge >= 0.3 is 8.25 Å². The number of anilines is 1. The summed E-state index contributed by atoms with van der Waals surface area (Å²) in [6.07, 6.45) is -1.71. The smallest absolute Gasteiger partial charge is 0.319 e. The highest BCUT2D eigenvalue weighted by molar-refractivity contribution is 8.13. The number of imidazole rings is 1. The van der Waals surface area contributed by atoms with E-state index in [1.165, 1.54) is 17.8 Å². The molecule has 0 radical (unpaired) electrons. The van der Waals surface area contributed by atoms with Crippen molar-refractivity contribution in [2.45, 2.75) is 58.2 Å². The summed E-state index contributed by atoms with van der Waals surface area (Å²) in [5, 5.41) is 21.5. The largest absolute Gasteiger partial charge is 0.387 e. The Kier molecular flexibility index (Phi) is 8.23.